The van der Waals surface area contributed by atoms with Crippen LogP contribution in [-0.2, 0) is 65.4 Å². The molecule has 0 radical (unpaired) electrons. The van der Waals surface area contributed by atoms with Crippen LogP contribution in [0.2, 0.25) is 0 Å². The average Bonchev–Trinajstić information content (AvgIpc) is 0.977. The molecule has 2 unspecified atom stereocenters. The lowest BCUT2D eigenvalue weighted by Crippen LogP contribution is -2.30. The zero-order chi connectivity index (χ0) is 74.1. The standard InChI is InChI=1S/C82H160O17P2/c1-6-9-12-15-18-21-24-26-28-30-32-34-36-38-42-47-52-57-62-67-81(86)98-78(72-93-80(85)66-61-56-51-46-41-37-35-33-31-29-27-25-22-19-16-13-10-7-2)74-97-101(90,91)95-70-76(83)69-94-100(88,89)96-73-77(71-92-79(84)65-60-55-50-45-23-20-17-14-11-8-3)99-82(87)68-63-58-53-48-43-39-40-44-49-54-59-64-75(4)5/h75-78,83H,6-74H2,1-5H3,(H,88,89)(H,90,91)/t76-,77+,78+/m0/s1. The van der Waals surface area contributed by atoms with Crippen molar-refractivity contribution in [3.63, 3.8) is 0 Å². The molecular weight excluding hydrogens is 1320 g/mol. The third kappa shape index (κ3) is 76.1. The van der Waals surface area contributed by atoms with E-state index in [1.807, 2.05) is 0 Å². The van der Waals surface area contributed by atoms with Gasteiger partial charge in [-0.05, 0) is 31.6 Å². The van der Waals surface area contributed by atoms with Crippen LogP contribution < -0.4 is 0 Å². The molecule has 600 valence electrons. The van der Waals surface area contributed by atoms with Crippen molar-refractivity contribution in [2.75, 3.05) is 39.6 Å². The zero-order valence-corrected chi connectivity index (χ0v) is 67.8. The molecule has 0 aromatic carbocycles. The Balaban J connectivity index is 5.23. The number of ether oxygens (including phenoxy) is 4. The molecule has 0 aliphatic rings. The van der Waals surface area contributed by atoms with E-state index in [1.54, 1.807) is 0 Å². The quantitative estimate of drug-likeness (QED) is 0.0222. The van der Waals surface area contributed by atoms with Crippen LogP contribution in [0, 0.1) is 5.92 Å². The fourth-order valence-corrected chi connectivity index (χ4v) is 14.3. The summed E-state index contributed by atoms with van der Waals surface area (Å²) in [4.78, 5) is 73.0. The van der Waals surface area contributed by atoms with Gasteiger partial charge in [-0.1, -0.05) is 388 Å². The van der Waals surface area contributed by atoms with Gasteiger partial charge in [0.15, 0.2) is 12.2 Å². The van der Waals surface area contributed by atoms with Gasteiger partial charge in [0.1, 0.15) is 19.3 Å². The molecule has 17 nitrogen and oxygen atoms in total. The maximum Gasteiger partial charge on any atom is 0.472 e. The molecule has 0 fully saturated rings. The van der Waals surface area contributed by atoms with Crippen molar-refractivity contribution in [2.24, 2.45) is 5.92 Å². The number of phosphoric ester groups is 2. The maximum atomic E-state index is 13.1. The second-order valence-electron chi connectivity index (χ2n) is 30.0. The van der Waals surface area contributed by atoms with E-state index in [4.69, 9.17) is 37.0 Å². The average molecular weight is 1480 g/mol. The highest BCUT2D eigenvalue weighted by Crippen LogP contribution is 2.45. The van der Waals surface area contributed by atoms with Crippen LogP contribution in [-0.4, -0.2) is 96.7 Å². The first-order chi connectivity index (χ1) is 49.0. The summed E-state index contributed by atoms with van der Waals surface area (Å²) in [5, 5.41) is 10.6. The topological polar surface area (TPSA) is 237 Å². The van der Waals surface area contributed by atoms with Crippen LogP contribution in [0.5, 0.6) is 0 Å². The highest BCUT2D eigenvalue weighted by atomic mass is 31.2. The third-order valence-corrected chi connectivity index (χ3v) is 21.2. The summed E-state index contributed by atoms with van der Waals surface area (Å²) in [7, 11) is -9.92. The first-order valence-corrected chi connectivity index (χ1v) is 45.6. The summed E-state index contributed by atoms with van der Waals surface area (Å²) in [6.45, 7) is 7.33. The Bertz CT molecular complexity index is 1930. The Morgan fingerprint density at radius 2 is 0.455 bits per heavy atom. The van der Waals surface area contributed by atoms with Gasteiger partial charge in [-0.15, -0.1) is 0 Å². The van der Waals surface area contributed by atoms with Gasteiger partial charge in [-0.25, -0.2) is 9.13 Å². The Labute approximate surface area is 619 Å². The Morgan fingerprint density at radius 1 is 0.267 bits per heavy atom. The lowest BCUT2D eigenvalue weighted by molar-refractivity contribution is -0.161. The molecule has 3 N–H and O–H groups in total. The van der Waals surface area contributed by atoms with Crippen molar-refractivity contribution in [3.8, 4) is 0 Å². The number of aliphatic hydroxyl groups excluding tert-OH is 1. The van der Waals surface area contributed by atoms with Crippen LogP contribution in [0.1, 0.15) is 439 Å². The van der Waals surface area contributed by atoms with Crippen LogP contribution in [0.25, 0.3) is 0 Å². The van der Waals surface area contributed by atoms with Gasteiger partial charge in [-0.2, -0.15) is 0 Å². The summed E-state index contributed by atoms with van der Waals surface area (Å²) in [5.41, 5.74) is 0. The number of carbonyl (C=O) groups excluding carboxylic acids is 4. The van der Waals surface area contributed by atoms with E-state index in [-0.39, 0.29) is 25.7 Å². The molecule has 101 heavy (non-hydrogen) atoms. The highest BCUT2D eigenvalue weighted by Gasteiger charge is 2.30. The van der Waals surface area contributed by atoms with E-state index in [2.05, 4.69) is 34.6 Å². The molecule has 0 rings (SSSR count). The SMILES string of the molecule is CCCCCCCCCCCCCCCCCCCCCC(=O)O[C@H](COC(=O)CCCCCCCCCCCCCCCCCCCC)COP(=O)(O)OC[C@@H](O)COP(=O)(O)OC[C@@H](COC(=O)CCCCCCCCCCCC)OC(=O)CCCCCCCCCCCCCC(C)C. The lowest BCUT2D eigenvalue weighted by Gasteiger charge is -2.21. The number of phosphoric acid groups is 2. The molecule has 0 bridgehead atoms. The predicted molar refractivity (Wildman–Crippen MR) is 414 cm³/mol. The number of unbranched alkanes of at least 4 members (excludes halogenated alkanes) is 54. The second-order valence-corrected chi connectivity index (χ2v) is 32.9. The largest absolute Gasteiger partial charge is 0.472 e. The molecule has 0 saturated carbocycles. The molecule has 0 aliphatic carbocycles. The number of rotatable bonds is 82. The van der Waals surface area contributed by atoms with Crippen LogP contribution in [0.4, 0.5) is 0 Å². The molecule has 0 heterocycles. The number of aliphatic hydroxyl groups is 1. The van der Waals surface area contributed by atoms with Gasteiger partial charge >= 0.3 is 39.5 Å². The fourth-order valence-electron chi connectivity index (χ4n) is 12.8. The first-order valence-electron chi connectivity index (χ1n) is 42.6. The van der Waals surface area contributed by atoms with E-state index >= 15 is 0 Å². The van der Waals surface area contributed by atoms with Crippen molar-refractivity contribution in [3.05, 3.63) is 0 Å². The van der Waals surface area contributed by atoms with E-state index in [9.17, 15) is 43.2 Å². The van der Waals surface area contributed by atoms with Crippen LogP contribution in [0.3, 0.4) is 0 Å². The Morgan fingerprint density at radius 3 is 0.673 bits per heavy atom. The summed E-state index contributed by atoms with van der Waals surface area (Å²) in [6.07, 6.45) is 66.6. The molecule has 5 atom stereocenters. The first kappa shape index (κ1) is 99.1. The van der Waals surface area contributed by atoms with Gasteiger partial charge < -0.3 is 33.8 Å². The summed E-state index contributed by atoms with van der Waals surface area (Å²) in [6, 6.07) is 0. The smallest absolute Gasteiger partial charge is 0.462 e. The van der Waals surface area contributed by atoms with Gasteiger partial charge in [-0.3, -0.25) is 37.3 Å². The van der Waals surface area contributed by atoms with Gasteiger partial charge in [0.2, 0.25) is 0 Å². The van der Waals surface area contributed by atoms with Gasteiger partial charge in [0.25, 0.3) is 0 Å². The molecule has 0 amide bonds. The van der Waals surface area contributed by atoms with E-state index in [0.717, 1.165) is 95.8 Å². The van der Waals surface area contributed by atoms with Crippen LogP contribution >= 0.6 is 15.6 Å². The summed E-state index contributed by atoms with van der Waals surface area (Å²) < 4.78 is 68.7. The normalized spacial score (nSPS) is 13.8. The van der Waals surface area contributed by atoms with Crippen molar-refractivity contribution in [2.45, 2.75) is 457 Å². The van der Waals surface area contributed by atoms with Crippen molar-refractivity contribution < 1.29 is 80.2 Å². The van der Waals surface area contributed by atoms with Crippen molar-refractivity contribution in [1.29, 1.82) is 0 Å². The molecule has 0 aromatic heterocycles. The zero-order valence-electron chi connectivity index (χ0n) is 66.1. The van der Waals surface area contributed by atoms with E-state index in [1.165, 1.54) is 263 Å². The second kappa shape index (κ2) is 74.9. The third-order valence-electron chi connectivity index (χ3n) is 19.3. The van der Waals surface area contributed by atoms with Crippen molar-refractivity contribution >= 4 is 39.5 Å². The summed E-state index contributed by atoms with van der Waals surface area (Å²) in [5.74, 6) is -1.34. The monoisotopic (exact) mass is 1480 g/mol. The number of esters is 4. The minimum Gasteiger partial charge on any atom is -0.462 e. The van der Waals surface area contributed by atoms with Gasteiger partial charge in [0.05, 0.1) is 26.4 Å². The Kier molecular flexibility index (Phi) is 73.5. The summed E-state index contributed by atoms with van der Waals surface area (Å²) >= 11 is 0. The fraction of sp³-hybridized carbons (Fsp3) is 0.951. The van der Waals surface area contributed by atoms with Gasteiger partial charge in [0, 0.05) is 25.7 Å². The Hall–Kier alpha value is -1.94. The lowest BCUT2D eigenvalue weighted by atomic mass is 10.0. The highest BCUT2D eigenvalue weighted by molar-refractivity contribution is 7.47. The number of hydrogen-bond donors (Lipinski definition) is 3. The van der Waals surface area contributed by atoms with Crippen molar-refractivity contribution in [1.82, 2.24) is 0 Å². The molecule has 0 aromatic rings. The molecule has 0 saturated heterocycles. The maximum absolute atomic E-state index is 13.1. The predicted octanol–water partition coefficient (Wildman–Crippen LogP) is 24.8. The molecule has 0 spiro atoms. The minimum atomic E-state index is -4.96. The minimum absolute atomic E-state index is 0.107. The number of carbonyl (C=O) groups is 4. The molecular formula is C82H160O17P2. The van der Waals surface area contributed by atoms with E-state index in [0.29, 0.717) is 25.7 Å². The molecule has 0 aliphatic heterocycles. The number of hydrogen-bond acceptors (Lipinski definition) is 15. The van der Waals surface area contributed by atoms with Crippen LogP contribution in [0.15, 0.2) is 0 Å². The molecule has 19 heteroatoms. The van der Waals surface area contributed by atoms with E-state index < -0.39 is 97.5 Å².